The van der Waals surface area contributed by atoms with Gasteiger partial charge in [-0.3, -0.25) is 4.79 Å². The summed E-state index contributed by atoms with van der Waals surface area (Å²) in [6.07, 6.45) is 0.386. The Labute approximate surface area is 89.3 Å². The van der Waals surface area contributed by atoms with Crippen molar-refractivity contribution in [3.8, 4) is 0 Å². The van der Waals surface area contributed by atoms with Gasteiger partial charge in [0.2, 0.25) is 0 Å². The molecule has 0 radical (unpaired) electrons. The van der Waals surface area contributed by atoms with Gasteiger partial charge < -0.3 is 10.8 Å². The lowest BCUT2D eigenvalue weighted by molar-refractivity contribution is -0.138. The van der Waals surface area contributed by atoms with Crippen molar-refractivity contribution in [1.82, 2.24) is 0 Å². The minimum absolute atomic E-state index is 0. The molecule has 0 amide bonds. The van der Waals surface area contributed by atoms with Crippen LogP contribution in [0.15, 0.2) is 24.3 Å². The molecule has 0 saturated carbocycles. The first-order valence-electron chi connectivity index (χ1n) is 4.13. The fraction of sp³-hybridized carbons (Fsp3) is 0.300. The maximum atomic E-state index is 10.5. The van der Waals surface area contributed by atoms with Gasteiger partial charge in [0.1, 0.15) is 6.04 Å². The summed E-state index contributed by atoms with van der Waals surface area (Å²) < 4.78 is 0. The van der Waals surface area contributed by atoms with E-state index in [0.29, 0.717) is 6.42 Å². The van der Waals surface area contributed by atoms with Gasteiger partial charge in [0.15, 0.2) is 0 Å². The summed E-state index contributed by atoms with van der Waals surface area (Å²) in [5, 5.41) is 8.59. The number of hydrogen-bond acceptors (Lipinski definition) is 2. The average molecular weight is 216 g/mol. The van der Waals surface area contributed by atoms with Crippen molar-refractivity contribution in [3.05, 3.63) is 35.4 Å². The van der Waals surface area contributed by atoms with Crippen LogP contribution in [-0.4, -0.2) is 17.1 Å². The zero-order valence-corrected chi connectivity index (χ0v) is 8.75. The second-order valence-corrected chi connectivity index (χ2v) is 3.14. The highest BCUT2D eigenvalue weighted by Gasteiger charge is 2.11. The van der Waals surface area contributed by atoms with Crippen LogP contribution >= 0.6 is 12.4 Å². The van der Waals surface area contributed by atoms with E-state index < -0.39 is 12.0 Å². The summed E-state index contributed by atoms with van der Waals surface area (Å²) in [6, 6.07) is 6.90. The molecule has 0 aromatic heterocycles. The van der Waals surface area contributed by atoms with Crippen molar-refractivity contribution in [2.24, 2.45) is 5.73 Å². The molecule has 14 heavy (non-hydrogen) atoms. The molecule has 0 aliphatic carbocycles. The van der Waals surface area contributed by atoms with Crippen LogP contribution in [0.3, 0.4) is 0 Å². The van der Waals surface area contributed by atoms with E-state index in [4.69, 9.17) is 10.8 Å². The summed E-state index contributed by atoms with van der Waals surface area (Å²) in [7, 11) is 0. The Balaban J connectivity index is 0.00000169. The topological polar surface area (TPSA) is 63.3 Å². The molecule has 3 nitrogen and oxygen atoms in total. The van der Waals surface area contributed by atoms with E-state index in [1.807, 2.05) is 31.2 Å². The molecule has 3 N–H and O–H groups in total. The molecule has 0 aliphatic heterocycles. The number of benzene rings is 1. The molecule has 78 valence electrons. The Kier molecular flexibility index (Phi) is 5.20. The van der Waals surface area contributed by atoms with Crippen LogP contribution in [0.5, 0.6) is 0 Å². The summed E-state index contributed by atoms with van der Waals surface area (Å²) in [4.78, 5) is 10.5. The van der Waals surface area contributed by atoms with Crippen LogP contribution in [0.25, 0.3) is 0 Å². The van der Waals surface area contributed by atoms with Crippen LogP contribution in [-0.2, 0) is 11.2 Å². The number of carbonyl (C=O) groups is 1. The first kappa shape index (κ1) is 12.9. The van der Waals surface area contributed by atoms with E-state index in [-0.39, 0.29) is 12.4 Å². The highest BCUT2D eigenvalue weighted by Crippen LogP contribution is 2.05. The fourth-order valence-electron chi connectivity index (χ4n) is 1.18. The summed E-state index contributed by atoms with van der Waals surface area (Å²) in [5.41, 5.74) is 7.49. The largest absolute Gasteiger partial charge is 0.480 e. The highest BCUT2D eigenvalue weighted by molar-refractivity contribution is 5.85. The molecule has 0 heterocycles. The molecule has 1 aromatic carbocycles. The molecule has 0 bridgehead atoms. The number of hydrogen-bond donors (Lipinski definition) is 2. The Morgan fingerprint density at radius 1 is 1.57 bits per heavy atom. The summed E-state index contributed by atoms with van der Waals surface area (Å²) in [6.45, 7) is 1.97. The van der Waals surface area contributed by atoms with Crippen molar-refractivity contribution in [1.29, 1.82) is 0 Å². The van der Waals surface area contributed by atoms with Gasteiger partial charge in [-0.2, -0.15) is 0 Å². The minimum Gasteiger partial charge on any atom is -0.480 e. The Hall–Kier alpha value is -1.06. The van der Waals surface area contributed by atoms with Crippen molar-refractivity contribution in [3.63, 3.8) is 0 Å². The third-order valence-electron chi connectivity index (χ3n) is 1.86. The number of aliphatic carboxylic acids is 1. The van der Waals surface area contributed by atoms with Gasteiger partial charge in [-0.05, 0) is 18.9 Å². The zero-order valence-electron chi connectivity index (χ0n) is 7.93. The predicted molar refractivity (Wildman–Crippen MR) is 57.7 cm³/mol. The van der Waals surface area contributed by atoms with E-state index in [2.05, 4.69) is 0 Å². The van der Waals surface area contributed by atoms with Gasteiger partial charge in [-0.1, -0.05) is 29.8 Å². The molecule has 1 unspecified atom stereocenters. The second kappa shape index (κ2) is 5.62. The molecule has 0 saturated heterocycles. The molecule has 1 rings (SSSR count). The van der Waals surface area contributed by atoms with Crippen LogP contribution < -0.4 is 5.73 Å². The second-order valence-electron chi connectivity index (χ2n) is 3.14. The van der Waals surface area contributed by atoms with Crippen LogP contribution in [0.4, 0.5) is 0 Å². The molecule has 4 heteroatoms. The fourth-order valence-corrected chi connectivity index (χ4v) is 1.18. The van der Waals surface area contributed by atoms with Gasteiger partial charge in [0.25, 0.3) is 0 Å². The lowest BCUT2D eigenvalue weighted by Crippen LogP contribution is -2.32. The SMILES string of the molecule is Cc1cccc(CC(N)C(=O)O)c1.Cl. The Morgan fingerprint density at radius 2 is 2.21 bits per heavy atom. The van der Waals surface area contributed by atoms with E-state index in [0.717, 1.165) is 11.1 Å². The number of nitrogens with two attached hydrogens (primary N) is 1. The van der Waals surface area contributed by atoms with E-state index >= 15 is 0 Å². The van der Waals surface area contributed by atoms with Crippen molar-refractivity contribution < 1.29 is 9.90 Å². The highest BCUT2D eigenvalue weighted by atomic mass is 35.5. The molecule has 1 aromatic rings. The molecule has 0 spiro atoms. The van der Waals surface area contributed by atoms with Crippen LogP contribution in [0, 0.1) is 6.92 Å². The average Bonchev–Trinajstić information content (AvgIpc) is 2.04. The summed E-state index contributed by atoms with van der Waals surface area (Å²) in [5.74, 6) is -0.957. The van der Waals surface area contributed by atoms with E-state index in [1.54, 1.807) is 0 Å². The van der Waals surface area contributed by atoms with Crippen molar-refractivity contribution >= 4 is 18.4 Å². The number of halogens is 1. The Morgan fingerprint density at radius 3 is 2.71 bits per heavy atom. The number of rotatable bonds is 3. The normalized spacial score (nSPS) is 11.6. The van der Waals surface area contributed by atoms with Crippen molar-refractivity contribution in [2.45, 2.75) is 19.4 Å². The van der Waals surface area contributed by atoms with Crippen LogP contribution in [0.2, 0.25) is 0 Å². The first-order valence-corrected chi connectivity index (χ1v) is 4.13. The lowest BCUT2D eigenvalue weighted by atomic mass is 10.0. The van der Waals surface area contributed by atoms with Crippen molar-refractivity contribution in [2.75, 3.05) is 0 Å². The quantitative estimate of drug-likeness (QED) is 0.801. The molecule has 1 atom stereocenters. The van der Waals surface area contributed by atoms with Gasteiger partial charge in [-0.25, -0.2) is 0 Å². The zero-order chi connectivity index (χ0) is 9.84. The number of carboxylic acids is 1. The van der Waals surface area contributed by atoms with Gasteiger partial charge in [0, 0.05) is 0 Å². The molecule has 0 aliphatic rings. The Bertz CT molecular complexity index is 315. The number of aryl methyl sites for hydroxylation is 1. The van der Waals surface area contributed by atoms with Gasteiger partial charge in [0.05, 0.1) is 0 Å². The van der Waals surface area contributed by atoms with E-state index in [1.165, 1.54) is 0 Å². The van der Waals surface area contributed by atoms with E-state index in [9.17, 15) is 4.79 Å². The van der Waals surface area contributed by atoms with Gasteiger partial charge >= 0.3 is 5.97 Å². The smallest absolute Gasteiger partial charge is 0.320 e. The third kappa shape index (κ3) is 3.77. The molecule has 0 fully saturated rings. The van der Waals surface area contributed by atoms with Crippen LogP contribution in [0.1, 0.15) is 11.1 Å². The maximum Gasteiger partial charge on any atom is 0.320 e. The summed E-state index contributed by atoms with van der Waals surface area (Å²) >= 11 is 0. The first-order chi connectivity index (χ1) is 6.09. The lowest BCUT2D eigenvalue weighted by Gasteiger charge is -2.06. The molecular formula is C10H14ClNO2. The monoisotopic (exact) mass is 215 g/mol. The predicted octanol–water partition coefficient (Wildman–Crippen LogP) is 1.37. The van der Waals surface area contributed by atoms with Gasteiger partial charge in [-0.15, -0.1) is 12.4 Å². The standard InChI is InChI=1S/C10H13NO2.ClH/c1-7-3-2-4-8(5-7)6-9(11)10(12)13;/h2-5,9H,6,11H2,1H3,(H,12,13);1H. The maximum absolute atomic E-state index is 10.5. The third-order valence-corrected chi connectivity index (χ3v) is 1.86. The minimum atomic E-state index is -0.957. The number of carboxylic acid groups (broad SMARTS) is 1. The molecular weight excluding hydrogens is 202 g/mol.